The number of hydrogen-bond donors (Lipinski definition) is 1. The van der Waals surface area contributed by atoms with E-state index in [2.05, 4.69) is 39.2 Å². The van der Waals surface area contributed by atoms with Crippen LogP contribution in [0.1, 0.15) is 50.2 Å². The highest BCUT2D eigenvalue weighted by Crippen LogP contribution is 2.35. The summed E-state index contributed by atoms with van der Waals surface area (Å²) in [5.74, 6) is 3.61. The SMILES string of the molecule is CCCn1ccc(NCc2nnc(C3CCC3)n2C)n1. The number of rotatable bonds is 6. The average molecular weight is 274 g/mol. The third-order valence-corrected chi connectivity index (χ3v) is 3.99. The Balaban J connectivity index is 1.61. The summed E-state index contributed by atoms with van der Waals surface area (Å²) in [6.45, 7) is 3.77. The fourth-order valence-corrected chi connectivity index (χ4v) is 2.53. The van der Waals surface area contributed by atoms with Crippen molar-refractivity contribution in [2.75, 3.05) is 5.32 Å². The topological polar surface area (TPSA) is 60.6 Å². The molecule has 20 heavy (non-hydrogen) atoms. The Labute approximate surface area is 119 Å². The van der Waals surface area contributed by atoms with Crippen LogP contribution in [0.4, 0.5) is 5.82 Å². The van der Waals surface area contributed by atoms with Crippen LogP contribution in [0.25, 0.3) is 0 Å². The smallest absolute Gasteiger partial charge is 0.152 e. The maximum atomic E-state index is 4.46. The Morgan fingerprint density at radius 1 is 1.35 bits per heavy atom. The standard InChI is InChI=1S/C14H22N6/c1-3-8-20-9-7-12(18-20)15-10-13-16-17-14(19(13)2)11-5-4-6-11/h7,9,11H,3-6,8,10H2,1-2H3,(H,15,18). The van der Waals surface area contributed by atoms with E-state index in [1.54, 1.807) is 0 Å². The van der Waals surface area contributed by atoms with Crippen molar-refractivity contribution in [2.45, 2.75) is 51.6 Å². The summed E-state index contributed by atoms with van der Waals surface area (Å²) in [5.41, 5.74) is 0. The molecule has 108 valence electrons. The number of anilines is 1. The summed E-state index contributed by atoms with van der Waals surface area (Å²) in [7, 11) is 2.06. The molecule has 0 atom stereocenters. The highest BCUT2D eigenvalue weighted by atomic mass is 15.3. The van der Waals surface area contributed by atoms with Crippen LogP contribution in [0.5, 0.6) is 0 Å². The monoisotopic (exact) mass is 274 g/mol. The van der Waals surface area contributed by atoms with Crippen molar-refractivity contribution < 1.29 is 0 Å². The molecule has 0 amide bonds. The van der Waals surface area contributed by atoms with Gasteiger partial charge in [0.05, 0.1) is 6.54 Å². The van der Waals surface area contributed by atoms with Crippen LogP contribution in [0.15, 0.2) is 12.3 Å². The Morgan fingerprint density at radius 3 is 2.90 bits per heavy atom. The van der Waals surface area contributed by atoms with Gasteiger partial charge in [-0.2, -0.15) is 5.10 Å². The van der Waals surface area contributed by atoms with Gasteiger partial charge in [0.2, 0.25) is 0 Å². The molecule has 0 saturated heterocycles. The van der Waals surface area contributed by atoms with Crippen molar-refractivity contribution in [1.29, 1.82) is 0 Å². The number of nitrogens with zero attached hydrogens (tertiary/aromatic N) is 5. The van der Waals surface area contributed by atoms with Gasteiger partial charge >= 0.3 is 0 Å². The lowest BCUT2D eigenvalue weighted by Crippen LogP contribution is -2.15. The molecule has 0 radical (unpaired) electrons. The molecule has 6 heteroatoms. The molecule has 2 aromatic rings. The van der Waals surface area contributed by atoms with E-state index in [1.807, 2.05) is 16.9 Å². The quantitative estimate of drug-likeness (QED) is 0.878. The molecule has 0 aromatic carbocycles. The maximum absolute atomic E-state index is 4.46. The Kier molecular flexibility index (Phi) is 3.71. The number of aromatic nitrogens is 5. The van der Waals surface area contributed by atoms with Crippen LogP contribution < -0.4 is 5.32 Å². The van der Waals surface area contributed by atoms with E-state index in [0.717, 1.165) is 30.4 Å². The van der Waals surface area contributed by atoms with E-state index in [1.165, 1.54) is 19.3 Å². The van der Waals surface area contributed by atoms with Crippen molar-refractivity contribution in [3.63, 3.8) is 0 Å². The second-order valence-corrected chi connectivity index (χ2v) is 5.48. The predicted molar refractivity (Wildman–Crippen MR) is 77.4 cm³/mol. The van der Waals surface area contributed by atoms with Crippen molar-refractivity contribution >= 4 is 5.82 Å². The lowest BCUT2D eigenvalue weighted by Gasteiger charge is -2.24. The van der Waals surface area contributed by atoms with Crippen LogP contribution in [-0.4, -0.2) is 24.5 Å². The van der Waals surface area contributed by atoms with Crippen LogP contribution in [-0.2, 0) is 20.1 Å². The van der Waals surface area contributed by atoms with Crippen LogP contribution in [0, 0.1) is 0 Å². The molecule has 2 aromatic heterocycles. The second kappa shape index (κ2) is 5.64. The van der Waals surface area contributed by atoms with Gasteiger partial charge in [0.1, 0.15) is 11.6 Å². The number of nitrogens with one attached hydrogen (secondary N) is 1. The fraction of sp³-hybridized carbons (Fsp3) is 0.643. The Morgan fingerprint density at radius 2 is 2.20 bits per heavy atom. The predicted octanol–water partition coefficient (Wildman–Crippen LogP) is 2.30. The maximum Gasteiger partial charge on any atom is 0.152 e. The molecule has 0 bridgehead atoms. The molecule has 1 aliphatic rings. The first-order valence-corrected chi connectivity index (χ1v) is 7.43. The van der Waals surface area contributed by atoms with Gasteiger partial charge in [-0.1, -0.05) is 13.3 Å². The third-order valence-electron chi connectivity index (χ3n) is 3.99. The van der Waals surface area contributed by atoms with E-state index in [4.69, 9.17) is 0 Å². The molecule has 1 saturated carbocycles. The average Bonchev–Trinajstić information content (AvgIpc) is 2.95. The minimum Gasteiger partial charge on any atom is -0.361 e. The first-order chi connectivity index (χ1) is 9.78. The van der Waals surface area contributed by atoms with E-state index in [-0.39, 0.29) is 0 Å². The zero-order valence-electron chi connectivity index (χ0n) is 12.2. The molecule has 0 spiro atoms. The van der Waals surface area contributed by atoms with Crippen molar-refractivity contribution in [2.24, 2.45) is 7.05 Å². The van der Waals surface area contributed by atoms with Crippen LogP contribution in [0.2, 0.25) is 0 Å². The summed E-state index contributed by atoms with van der Waals surface area (Å²) >= 11 is 0. The zero-order valence-corrected chi connectivity index (χ0v) is 12.2. The van der Waals surface area contributed by atoms with E-state index >= 15 is 0 Å². The molecule has 6 nitrogen and oxygen atoms in total. The molecular weight excluding hydrogens is 252 g/mol. The van der Waals surface area contributed by atoms with Gasteiger partial charge in [0.25, 0.3) is 0 Å². The highest BCUT2D eigenvalue weighted by molar-refractivity contribution is 5.32. The summed E-state index contributed by atoms with van der Waals surface area (Å²) in [4.78, 5) is 0. The van der Waals surface area contributed by atoms with Gasteiger partial charge in [-0.05, 0) is 19.3 Å². The summed E-state index contributed by atoms with van der Waals surface area (Å²) in [6.07, 6.45) is 6.92. The molecule has 1 N–H and O–H groups in total. The minimum atomic E-state index is 0.616. The largest absolute Gasteiger partial charge is 0.361 e. The van der Waals surface area contributed by atoms with Gasteiger partial charge < -0.3 is 9.88 Å². The van der Waals surface area contributed by atoms with Gasteiger partial charge in [-0.25, -0.2) is 0 Å². The van der Waals surface area contributed by atoms with Crippen molar-refractivity contribution in [3.05, 3.63) is 23.9 Å². The first-order valence-electron chi connectivity index (χ1n) is 7.43. The normalized spacial score (nSPS) is 15.3. The summed E-state index contributed by atoms with van der Waals surface area (Å²) in [6, 6.07) is 2.00. The molecular formula is C14H22N6. The lowest BCUT2D eigenvalue weighted by molar-refractivity contribution is 0.391. The third kappa shape index (κ3) is 2.55. The number of hydrogen-bond acceptors (Lipinski definition) is 4. The highest BCUT2D eigenvalue weighted by Gasteiger charge is 2.25. The van der Waals surface area contributed by atoms with Gasteiger partial charge in [0, 0.05) is 31.8 Å². The van der Waals surface area contributed by atoms with E-state index in [9.17, 15) is 0 Å². The van der Waals surface area contributed by atoms with Gasteiger partial charge in [-0.3, -0.25) is 4.68 Å². The van der Waals surface area contributed by atoms with Crippen LogP contribution >= 0.6 is 0 Å². The van der Waals surface area contributed by atoms with E-state index in [0.29, 0.717) is 12.5 Å². The molecule has 2 heterocycles. The van der Waals surface area contributed by atoms with Crippen LogP contribution in [0.3, 0.4) is 0 Å². The zero-order chi connectivity index (χ0) is 13.9. The molecule has 1 aliphatic carbocycles. The molecule has 0 unspecified atom stereocenters. The fourth-order valence-electron chi connectivity index (χ4n) is 2.53. The van der Waals surface area contributed by atoms with Gasteiger partial charge in [0.15, 0.2) is 5.82 Å². The summed E-state index contributed by atoms with van der Waals surface area (Å²) in [5, 5.41) is 16.4. The minimum absolute atomic E-state index is 0.616. The van der Waals surface area contributed by atoms with E-state index < -0.39 is 0 Å². The molecule has 3 rings (SSSR count). The Bertz CT molecular complexity index is 566. The second-order valence-electron chi connectivity index (χ2n) is 5.48. The lowest BCUT2D eigenvalue weighted by atomic mass is 9.85. The summed E-state index contributed by atoms with van der Waals surface area (Å²) < 4.78 is 4.08. The van der Waals surface area contributed by atoms with Crippen molar-refractivity contribution in [1.82, 2.24) is 24.5 Å². The molecule has 0 aliphatic heterocycles. The van der Waals surface area contributed by atoms with Crippen molar-refractivity contribution in [3.8, 4) is 0 Å². The Hall–Kier alpha value is -1.85. The number of aryl methyl sites for hydroxylation is 1. The van der Waals surface area contributed by atoms with Gasteiger partial charge in [-0.15, -0.1) is 10.2 Å². The molecule has 1 fully saturated rings. The first kappa shape index (κ1) is 13.1.